The lowest BCUT2D eigenvalue weighted by Gasteiger charge is -2.19. The number of nitrogens with zero attached hydrogens (tertiary/aromatic N) is 1. The number of amides is 2. The molecule has 0 radical (unpaired) electrons. The van der Waals surface area contributed by atoms with Gasteiger partial charge >= 0.3 is 6.03 Å². The van der Waals surface area contributed by atoms with Gasteiger partial charge in [-0.1, -0.05) is 47.5 Å². The molecule has 0 aromatic heterocycles. The van der Waals surface area contributed by atoms with Gasteiger partial charge in [-0.3, -0.25) is 5.43 Å². The van der Waals surface area contributed by atoms with Gasteiger partial charge in [-0.15, -0.1) is 0 Å². The SMILES string of the molecule is COc1ccc(Oc2ccc(NC(=O)N3CC(c4ccc(Cl)cc4)=C(c4ccc(Cl)cc4)N3)cc2)cc1. The Morgan fingerprint density at radius 1 is 0.757 bits per heavy atom. The number of urea groups is 1. The van der Waals surface area contributed by atoms with Crippen LogP contribution >= 0.6 is 23.2 Å². The van der Waals surface area contributed by atoms with E-state index in [1.165, 1.54) is 5.01 Å². The number of ether oxygens (including phenoxy) is 2. The van der Waals surface area contributed by atoms with E-state index < -0.39 is 0 Å². The standard InChI is InChI=1S/C29H23Cl2N3O3/c1-36-24-14-16-26(17-15-24)37-25-12-10-23(11-13-25)32-29(35)34-18-27(19-2-6-21(30)7-3-19)28(33-34)20-4-8-22(31)9-5-20/h2-17,33H,18H2,1H3,(H,32,35). The Hall–Kier alpha value is -4.13. The van der Waals surface area contributed by atoms with E-state index in [-0.39, 0.29) is 6.03 Å². The predicted octanol–water partition coefficient (Wildman–Crippen LogP) is 7.71. The molecule has 0 bridgehead atoms. The van der Waals surface area contributed by atoms with Gasteiger partial charge in [0, 0.05) is 21.3 Å². The van der Waals surface area contributed by atoms with Gasteiger partial charge in [-0.05, 0) is 83.9 Å². The zero-order chi connectivity index (χ0) is 25.8. The number of benzene rings is 4. The smallest absolute Gasteiger partial charge is 0.340 e. The summed E-state index contributed by atoms with van der Waals surface area (Å²) >= 11 is 12.2. The molecule has 5 rings (SSSR count). The molecule has 0 saturated heterocycles. The second kappa shape index (κ2) is 10.9. The summed E-state index contributed by atoms with van der Waals surface area (Å²) in [7, 11) is 1.62. The van der Waals surface area contributed by atoms with Crippen LogP contribution in [0.25, 0.3) is 11.3 Å². The van der Waals surface area contributed by atoms with Crippen LogP contribution in [0, 0.1) is 0 Å². The highest BCUT2D eigenvalue weighted by Crippen LogP contribution is 2.32. The molecule has 0 fully saturated rings. The zero-order valence-corrected chi connectivity index (χ0v) is 21.4. The van der Waals surface area contributed by atoms with E-state index in [9.17, 15) is 4.79 Å². The lowest BCUT2D eigenvalue weighted by molar-refractivity contribution is 0.210. The highest BCUT2D eigenvalue weighted by Gasteiger charge is 2.27. The summed E-state index contributed by atoms with van der Waals surface area (Å²) in [5, 5.41) is 5.77. The molecule has 0 saturated carbocycles. The van der Waals surface area contributed by atoms with Crippen LogP contribution < -0.4 is 20.2 Å². The molecule has 1 aliphatic rings. The van der Waals surface area contributed by atoms with E-state index in [1.807, 2.05) is 72.8 Å². The van der Waals surface area contributed by atoms with Crippen molar-refractivity contribution in [2.45, 2.75) is 0 Å². The Morgan fingerprint density at radius 2 is 1.27 bits per heavy atom. The van der Waals surface area contributed by atoms with Gasteiger partial charge < -0.3 is 14.8 Å². The minimum Gasteiger partial charge on any atom is -0.497 e. The molecule has 186 valence electrons. The third kappa shape index (κ3) is 5.82. The maximum Gasteiger partial charge on any atom is 0.340 e. The topological polar surface area (TPSA) is 62.8 Å². The van der Waals surface area contributed by atoms with Gasteiger partial charge in [0.1, 0.15) is 17.2 Å². The second-order valence-electron chi connectivity index (χ2n) is 8.30. The molecule has 0 atom stereocenters. The van der Waals surface area contributed by atoms with Crippen LogP contribution in [0.1, 0.15) is 11.1 Å². The fraction of sp³-hybridized carbons (Fsp3) is 0.0690. The van der Waals surface area contributed by atoms with Crippen molar-refractivity contribution in [2.24, 2.45) is 0 Å². The predicted molar refractivity (Wildman–Crippen MR) is 148 cm³/mol. The van der Waals surface area contributed by atoms with E-state index in [0.717, 1.165) is 28.1 Å². The third-order valence-corrected chi connectivity index (χ3v) is 6.34. The molecule has 2 amide bonds. The number of anilines is 1. The molecular weight excluding hydrogens is 509 g/mol. The second-order valence-corrected chi connectivity index (χ2v) is 9.17. The third-order valence-electron chi connectivity index (χ3n) is 5.84. The molecule has 1 heterocycles. The van der Waals surface area contributed by atoms with Crippen molar-refractivity contribution < 1.29 is 14.3 Å². The number of nitrogens with one attached hydrogen (secondary N) is 2. The number of halogens is 2. The molecule has 6 nitrogen and oxygen atoms in total. The highest BCUT2D eigenvalue weighted by molar-refractivity contribution is 6.31. The first-order valence-corrected chi connectivity index (χ1v) is 12.3. The van der Waals surface area contributed by atoms with Crippen LogP contribution in [0.3, 0.4) is 0 Å². The minimum atomic E-state index is -0.292. The van der Waals surface area contributed by atoms with Crippen molar-refractivity contribution in [2.75, 3.05) is 19.0 Å². The van der Waals surface area contributed by atoms with Crippen LogP contribution in [0.15, 0.2) is 97.1 Å². The summed E-state index contributed by atoms with van der Waals surface area (Å²) in [5.41, 5.74) is 7.59. The summed E-state index contributed by atoms with van der Waals surface area (Å²) in [6.45, 7) is 0.365. The van der Waals surface area contributed by atoms with E-state index in [2.05, 4.69) is 10.7 Å². The van der Waals surface area contributed by atoms with Crippen LogP contribution in [0.5, 0.6) is 17.2 Å². The number of hydrogen-bond acceptors (Lipinski definition) is 4. The Morgan fingerprint density at radius 3 is 1.84 bits per heavy atom. The van der Waals surface area contributed by atoms with Crippen molar-refractivity contribution >= 4 is 46.2 Å². The molecular formula is C29H23Cl2N3O3. The van der Waals surface area contributed by atoms with E-state index in [0.29, 0.717) is 33.8 Å². The number of hydrogen-bond donors (Lipinski definition) is 2. The largest absolute Gasteiger partial charge is 0.497 e. The van der Waals surface area contributed by atoms with Crippen LogP contribution in [0.2, 0.25) is 10.0 Å². The quantitative estimate of drug-likeness (QED) is 0.267. The first kappa shape index (κ1) is 24.6. The Bertz CT molecular complexity index is 1360. The van der Waals surface area contributed by atoms with Crippen molar-refractivity contribution in [3.63, 3.8) is 0 Å². The molecule has 2 N–H and O–H groups in total. The van der Waals surface area contributed by atoms with Crippen LogP contribution in [-0.4, -0.2) is 24.7 Å². The van der Waals surface area contributed by atoms with Crippen LogP contribution in [0.4, 0.5) is 10.5 Å². The lowest BCUT2D eigenvalue weighted by Crippen LogP contribution is -2.40. The number of hydrazine groups is 1. The molecule has 0 spiro atoms. The number of carbonyl (C=O) groups excluding carboxylic acids is 1. The summed E-state index contributed by atoms with van der Waals surface area (Å²) in [4.78, 5) is 13.2. The molecule has 0 aliphatic carbocycles. The Balaban J connectivity index is 1.29. The minimum absolute atomic E-state index is 0.292. The van der Waals surface area contributed by atoms with Gasteiger partial charge in [-0.2, -0.15) is 0 Å². The number of methoxy groups -OCH3 is 1. The van der Waals surface area contributed by atoms with Gasteiger partial charge in [0.05, 0.1) is 19.4 Å². The summed E-state index contributed by atoms with van der Waals surface area (Å²) in [6, 6.07) is 29.3. The van der Waals surface area contributed by atoms with Gasteiger partial charge in [0.2, 0.25) is 0 Å². The number of rotatable bonds is 6. The van der Waals surface area contributed by atoms with Crippen LogP contribution in [-0.2, 0) is 0 Å². The maximum absolute atomic E-state index is 13.2. The first-order chi connectivity index (χ1) is 18.0. The van der Waals surface area contributed by atoms with Crippen molar-refractivity contribution in [1.29, 1.82) is 0 Å². The molecule has 37 heavy (non-hydrogen) atoms. The highest BCUT2D eigenvalue weighted by atomic mass is 35.5. The molecule has 4 aromatic rings. The van der Waals surface area contributed by atoms with Gasteiger partial charge in [0.15, 0.2) is 0 Å². The van der Waals surface area contributed by atoms with Gasteiger partial charge in [0.25, 0.3) is 0 Å². The first-order valence-electron chi connectivity index (χ1n) is 11.5. The number of carbonyl (C=O) groups is 1. The maximum atomic E-state index is 13.2. The van der Waals surface area contributed by atoms with E-state index >= 15 is 0 Å². The fourth-order valence-corrected chi connectivity index (χ4v) is 4.17. The molecule has 4 aromatic carbocycles. The van der Waals surface area contributed by atoms with E-state index in [4.69, 9.17) is 32.7 Å². The Labute approximate surface area is 225 Å². The Kier molecular flexibility index (Phi) is 7.21. The average molecular weight is 532 g/mol. The average Bonchev–Trinajstić information content (AvgIpc) is 3.37. The van der Waals surface area contributed by atoms with Crippen molar-refractivity contribution in [3.05, 3.63) is 118 Å². The van der Waals surface area contributed by atoms with Crippen molar-refractivity contribution in [1.82, 2.24) is 10.4 Å². The zero-order valence-electron chi connectivity index (χ0n) is 19.9. The monoisotopic (exact) mass is 531 g/mol. The molecule has 8 heteroatoms. The lowest BCUT2D eigenvalue weighted by atomic mass is 10.0. The van der Waals surface area contributed by atoms with Crippen molar-refractivity contribution in [3.8, 4) is 17.2 Å². The normalized spacial score (nSPS) is 12.8. The van der Waals surface area contributed by atoms with Gasteiger partial charge in [-0.25, -0.2) is 9.80 Å². The summed E-state index contributed by atoms with van der Waals surface area (Å²) < 4.78 is 11.0. The molecule has 1 aliphatic heterocycles. The molecule has 0 unspecified atom stereocenters. The van der Waals surface area contributed by atoms with E-state index in [1.54, 1.807) is 31.4 Å². The summed E-state index contributed by atoms with van der Waals surface area (Å²) in [5.74, 6) is 2.10. The fourth-order valence-electron chi connectivity index (χ4n) is 3.92. The summed E-state index contributed by atoms with van der Waals surface area (Å²) in [6.07, 6.45) is 0.